The van der Waals surface area contributed by atoms with Crippen molar-refractivity contribution in [3.63, 3.8) is 0 Å². The number of benzene rings is 2. The lowest BCUT2D eigenvalue weighted by atomic mass is 10.2. The number of aliphatic imine (C=N–C) groups is 1. The smallest absolute Gasteiger partial charge is 0.337 e. The summed E-state index contributed by atoms with van der Waals surface area (Å²) in [6.07, 6.45) is 1.75. The third kappa shape index (κ3) is 3.83. The Morgan fingerprint density at radius 1 is 1.15 bits per heavy atom. The average Bonchev–Trinajstić information content (AvgIpc) is 2.89. The zero-order chi connectivity index (χ0) is 18.8. The molecule has 0 saturated carbocycles. The van der Waals surface area contributed by atoms with Gasteiger partial charge in [-0.3, -0.25) is 4.99 Å². The zero-order valence-corrected chi connectivity index (χ0v) is 17.1. The van der Waals surface area contributed by atoms with Gasteiger partial charge < -0.3 is 9.67 Å². The normalized spacial score (nSPS) is 11.2. The van der Waals surface area contributed by atoms with Crippen LogP contribution < -0.4 is 0 Å². The highest BCUT2D eigenvalue weighted by atomic mass is 127. The Morgan fingerprint density at radius 2 is 1.85 bits per heavy atom. The Labute approximate surface area is 170 Å². The lowest BCUT2D eigenvalue weighted by molar-refractivity contribution is 0.0697. The number of aromatic carboxylic acids is 1. The summed E-state index contributed by atoms with van der Waals surface area (Å²) in [4.78, 5) is 15.6. The van der Waals surface area contributed by atoms with Crippen LogP contribution in [0.1, 0.15) is 27.3 Å². The summed E-state index contributed by atoms with van der Waals surface area (Å²) in [7, 11) is 0. The molecule has 1 heterocycles. The van der Waals surface area contributed by atoms with Crippen molar-refractivity contribution >= 4 is 52.1 Å². The summed E-state index contributed by atoms with van der Waals surface area (Å²) in [6, 6.07) is 15.1. The zero-order valence-electron chi connectivity index (χ0n) is 14.2. The molecule has 0 atom stereocenters. The summed E-state index contributed by atoms with van der Waals surface area (Å²) in [6.45, 7) is 4.09. The van der Waals surface area contributed by atoms with Gasteiger partial charge in [-0.15, -0.1) is 0 Å². The number of aromatic nitrogens is 1. The quantitative estimate of drug-likeness (QED) is 0.380. The maximum Gasteiger partial charge on any atom is 0.337 e. The number of halogens is 2. The van der Waals surface area contributed by atoms with Gasteiger partial charge in [-0.25, -0.2) is 4.79 Å². The fourth-order valence-electron chi connectivity index (χ4n) is 2.81. The van der Waals surface area contributed by atoms with Gasteiger partial charge in [0, 0.05) is 32.4 Å². The molecule has 1 aromatic heterocycles. The van der Waals surface area contributed by atoms with E-state index < -0.39 is 5.97 Å². The fraction of sp³-hybridized carbons (Fsp3) is 0.100. The van der Waals surface area contributed by atoms with E-state index in [0.717, 1.165) is 22.6 Å². The van der Waals surface area contributed by atoms with Gasteiger partial charge in [-0.2, -0.15) is 0 Å². The largest absolute Gasteiger partial charge is 0.478 e. The number of hydrogen-bond acceptors (Lipinski definition) is 2. The monoisotopic (exact) mass is 478 g/mol. The van der Waals surface area contributed by atoms with Crippen molar-refractivity contribution in [2.24, 2.45) is 4.99 Å². The fourth-order valence-corrected chi connectivity index (χ4v) is 3.37. The maximum atomic E-state index is 11.2. The van der Waals surface area contributed by atoms with Crippen LogP contribution in [0.15, 0.2) is 53.5 Å². The van der Waals surface area contributed by atoms with Gasteiger partial charge in [-0.1, -0.05) is 11.6 Å². The van der Waals surface area contributed by atoms with Crippen molar-refractivity contribution in [1.82, 2.24) is 4.57 Å². The number of rotatable bonds is 4. The van der Waals surface area contributed by atoms with E-state index in [9.17, 15) is 4.79 Å². The van der Waals surface area contributed by atoms with Crippen LogP contribution in [-0.4, -0.2) is 21.9 Å². The second-order valence-electron chi connectivity index (χ2n) is 5.87. The molecule has 2 aromatic carbocycles. The van der Waals surface area contributed by atoms with Gasteiger partial charge in [0.2, 0.25) is 0 Å². The maximum absolute atomic E-state index is 11.2. The van der Waals surface area contributed by atoms with Gasteiger partial charge in [0.15, 0.2) is 0 Å². The summed E-state index contributed by atoms with van der Waals surface area (Å²) < 4.78 is 3.36. The first-order chi connectivity index (χ1) is 12.4. The molecule has 1 N–H and O–H groups in total. The second kappa shape index (κ2) is 7.63. The molecule has 26 heavy (non-hydrogen) atoms. The number of carboxylic acid groups (broad SMARTS) is 1. The van der Waals surface area contributed by atoms with Gasteiger partial charge in [0.1, 0.15) is 0 Å². The molecule has 0 aliphatic carbocycles. The third-order valence-corrected chi connectivity index (χ3v) is 5.14. The summed E-state index contributed by atoms with van der Waals surface area (Å²) in [5.41, 5.74) is 4.84. The molecular weight excluding hydrogens is 463 g/mol. The number of nitrogens with zero attached hydrogens (tertiary/aromatic N) is 2. The van der Waals surface area contributed by atoms with E-state index in [4.69, 9.17) is 16.7 Å². The van der Waals surface area contributed by atoms with Crippen molar-refractivity contribution in [3.05, 3.63) is 79.6 Å². The molecule has 4 nitrogen and oxygen atoms in total. The first-order valence-corrected chi connectivity index (χ1v) is 9.34. The SMILES string of the molecule is Cc1cc(C=Nc2ccc(Cl)c(C(=O)O)c2)c(C)n1-c1ccc(I)cc1. The lowest BCUT2D eigenvalue weighted by Crippen LogP contribution is -1.99. The topological polar surface area (TPSA) is 54.6 Å². The molecule has 0 amide bonds. The van der Waals surface area contributed by atoms with Gasteiger partial charge in [0.25, 0.3) is 0 Å². The molecule has 0 spiro atoms. The van der Waals surface area contributed by atoms with Crippen LogP contribution in [0.5, 0.6) is 0 Å². The Bertz CT molecular complexity index is 1010. The van der Waals surface area contributed by atoms with Crippen molar-refractivity contribution < 1.29 is 9.90 Å². The molecule has 0 radical (unpaired) electrons. The molecule has 0 saturated heterocycles. The average molecular weight is 479 g/mol. The molecular formula is C20H16ClIN2O2. The molecule has 3 rings (SSSR count). The molecule has 0 unspecified atom stereocenters. The Hall–Kier alpha value is -2.12. The molecule has 0 bridgehead atoms. The summed E-state index contributed by atoms with van der Waals surface area (Å²) in [5, 5.41) is 9.37. The van der Waals surface area contributed by atoms with Gasteiger partial charge in [0.05, 0.1) is 16.3 Å². The minimum Gasteiger partial charge on any atom is -0.478 e. The van der Waals surface area contributed by atoms with Crippen molar-refractivity contribution in [2.75, 3.05) is 0 Å². The predicted molar refractivity (Wildman–Crippen MR) is 114 cm³/mol. The van der Waals surface area contributed by atoms with Crippen molar-refractivity contribution in [3.8, 4) is 5.69 Å². The van der Waals surface area contributed by atoms with E-state index in [1.807, 2.05) is 13.8 Å². The summed E-state index contributed by atoms with van der Waals surface area (Å²) in [5.74, 6) is -1.07. The van der Waals surface area contributed by atoms with Crippen LogP contribution in [0.4, 0.5) is 5.69 Å². The predicted octanol–water partition coefficient (Wildman–Crippen LogP) is 5.80. The van der Waals surface area contributed by atoms with E-state index >= 15 is 0 Å². The Kier molecular flexibility index (Phi) is 5.48. The van der Waals surface area contributed by atoms with Crippen LogP contribution in [0.2, 0.25) is 5.02 Å². The number of aryl methyl sites for hydroxylation is 1. The lowest BCUT2D eigenvalue weighted by Gasteiger charge is -2.09. The minimum absolute atomic E-state index is 0.0469. The highest BCUT2D eigenvalue weighted by molar-refractivity contribution is 14.1. The van der Waals surface area contributed by atoms with Crippen LogP contribution in [0.3, 0.4) is 0 Å². The van der Waals surface area contributed by atoms with Crippen LogP contribution in [0.25, 0.3) is 5.69 Å². The third-order valence-electron chi connectivity index (χ3n) is 4.09. The summed E-state index contributed by atoms with van der Waals surface area (Å²) >= 11 is 8.19. The number of carbonyl (C=O) groups is 1. The molecule has 0 aliphatic rings. The molecule has 3 aromatic rings. The van der Waals surface area contributed by atoms with E-state index in [-0.39, 0.29) is 10.6 Å². The first kappa shape index (κ1) is 18.7. The van der Waals surface area contributed by atoms with E-state index in [1.165, 1.54) is 9.64 Å². The Balaban J connectivity index is 1.95. The van der Waals surface area contributed by atoms with E-state index in [0.29, 0.717) is 5.69 Å². The molecule has 0 aliphatic heterocycles. The Morgan fingerprint density at radius 3 is 2.50 bits per heavy atom. The highest BCUT2D eigenvalue weighted by Gasteiger charge is 2.11. The second-order valence-corrected chi connectivity index (χ2v) is 7.52. The molecule has 6 heteroatoms. The minimum atomic E-state index is -1.07. The molecule has 0 fully saturated rings. The van der Waals surface area contributed by atoms with Gasteiger partial charge in [-0.05, 0) is 85.0 Å². The van der Waals surface area contributed by atoms with Gasteiger partial charge >= 0.3 is 5.97 Å². The van der Waals surface area contributed by atoms with Crippen LogP contribution in [0, 0.1) is 17.4 Å². The van der Waals surface area contributed by atoms with Crippen LogP contribution in [-0.2, 0) is 0 Å². The number of hydrogen-bond donors (Lipinski definition) is 1. The van der Waals surface area contributed by atoms with E-state index in [2.05, 4.69) is 62.5 Å². The molecule has 132 valence electrons. The highest BCUT2D eigenvalue weighted by Crippen LogP contribution is 2.24. The van der Waals surface area contributed by atoms with Crippen molar-refractivity contribution in [2.45, 2.75) is 13.8 Å². The van der Waals surface area contributed by atoms with E-state index in [1.54, 1.807) is 18.3 Å². The standard InChI is InChI=1S/C20H16ClIN2O2/c1-12-9-14(13(2)24(12)17-6-3-15(22)4-7-17)11-23-16-5-8-19(21)18(10-16)20(25)26/h3-11H,1-2H3,(H,25,26). The first-order valence-electron chi connectivity index (χ1n) is 7.88. The van der Waals surface area contributed by atoms with Crippen LogP contribution >= 0.6 is 34.2 Å². The number of carboxylic acids is 1. The van der Waals surface area contributed by atoms with Crippen molar-refractivity contribution in [1.29, 1.82) is 0 Å².